The lowest BCUT2D eigenvalue weighted by Crippen LogP contribution is -2.48. The summed E-state index contributed by atoms with van der Waals surface area (Å²) in [6, 6.07) is 7.69. The van der Waals surface area contributed by atoms with Gasteiger partial charge in [0.2, 0.25) is 0 Å². The molecule has 0 aliphatic carbocycles. The SMILES string of the molecule is CCCCN(C)c1ccc(C(=O)NC(C)(C)CN)cc1.Cl.Cl. The number of anilines is 1. The molecule has 0 aliphatic heterocycles. The molecular formula is C16H29Cl2N3O. The summed E-state index contributed by atoms with van der Waals surface area (Å²) in [4.78, 5) is 14.3. The van der Waals surface area contributed by atoms with Crippen LogP contribution in [-0.4, -0.2) is 31.6 Å². The second-order valence-corrected chi connectivity index (χ2v) is 5.86. The molecule has 6 heteroatoms. The number of carbonyl (C=O) groups is 1. The molecular weight excluding hydrogens is 321 g/mol. The van der Waals surface area contributed by atoms with Gasteiger partial charge in [-0.3, -0.25) is 4.79 Å². The molecule has 0 fully saturated rings. The van der Waals surface area contributed by atoms with Crippen LogP contribution in [0, 0.1) is 0 Å². The summed E-state index contributed by atoms with van der Waals surface area (Å²) in [6.45, 7) is 7.45. The molecule has 1 amide bonds. The number of hydrogen-bond acceptors (Lipinski definition) is 3. The fourth-order valence-corrected chi connectivity index (χ4v) is 1.82. The molecule has 0 aliphatic rings. The highest BCUT2D eigenvalue weighted by Crippen LogP contribution is 2.15. The van der Waals surface area contributed by atoms with Crippen molar-refractivity contribution in [2.45, 2.75) is 39.2 Å². The Balaban J connectivity index is 0. The maximum Gasteiger partial charge on any atom is 0.251 e. The van der Waals surface area contributed by atoms with E-state index in [0.29, 0.717) is 12.1 Å². The number of nitrogens with two attached hydrogens (primary N) is 1. The molecule has 0 radical (unpaired) electrons. The molecule has 0 aromatic heterocycles. The molecule has 1 aromatic rings. The predicted molar refractivity (Wildman–Crippen MR) is 99.7 cm³/mol. The summed E-state index contributed by atoms with van der Waals surface area (Å²) < 4.78 is 0. The Kier molecular flexibility index (Phi) is 11.3. The average Bonchev–Trinajstić information content (AvgIpc) is 2.44. The molecule has 22 heavy (non-hydrogen) atoms. The summed E-state index contributed by atoms with van der Waals surface area (Å²) >= 11 is 0. The van der Waals surface area contributed by atoms with Crippen molar-refractivity contribution in [1.82, 2.24) is 5.32 Å². The number of amides is 1. The zero-order chi connectivity index (χ0) is 15.2. The van der Waals surface area contributed by atoms with Crippen molar-refractivity contribution in [1.29, 1.82) is 0 Å². The molecule has 0 saturated heterocycles. The molecule has 1 aromatic carbocycles. The first kappa shape index (κ1) is 23.3. The van der Waals surface area contributed by atoms with Gasteiger partial charge in [0, 0.05) is 36.9 Å². The van der Waals surface area contributed by atoms with Gasteiger partial charge in [0.15, 0.2) is 0 Å². The van der Waals surface area contributed by atoms with Crippen LogP contribution in [0.3, 0.4) is 0 Å². The Hall–Kier alpha value is -0.970. The van der Waals surface area contributed by atoms with Gasteiger partial charge in [0.05, 0.1) is 0 Å². The molecule has 3 N–H and O–H groups in total. The summed E-state index contributed by atoms with van der Waals surface area (Å²) in [7, 11) is 2.07. The number of nitrogens with one attached hydrogen (secondary N) is 1. The maximum atomic E-state index is 12.1. The van der Waals surface area contributed by atoms with Crippen LogP contribution in [0.4, 0.5) is 5.69 Å². The number of benzene rings is 1. The topological polar surface area (TPSA) is 58.4 Å². The Morgan fingerprint density at radius 3 is 2.23 bits per heavy atom. The number of rotatable bonds is 7. The molecule has 0 heterocycles. The van der Waals surface area contributed by atoms with Crippen LogP contribution in [0.5, 0.6) is 0 Å². The van der Waals surface area contributed by atoms with Crippen molar-refractivity contribution in [3.63, 3.8) is 0 Å². The average molecular weight is 350 g/mol. The first-order valence-corrected chi connectivity index (χ1v) is 7.23. The van der Waals surface area contributed by atoms with E-state index < -0.39 is 0 Å². The Morgan fingerprint density at radius 1 is 1.23 bits per heavy atom. The standard InChI is InChI=1S/C16H27N3O.2ClH/c1-5-6-11-19(4)14-9-7-13(8-10-14)15(20)18-16(2,3)12-17;;/h7-10H,5-6,11-12,17H2,1-4H3,(H,18,20);2*1H. The summed E-state index contributed by atoms with van der Waals surface area (Å²) in [5, 5.41) is 2.93. The van der Waals surface area contributed by atoms with Crippen molar-refractivity contribution in [2.75, 3.05) is 25.0 Å². The van der Waals surface area contributed by atoms with E-state index >= 15 is 0 Å². The lowest BCUT2D eigenvalue weighted by molar-refractivity contribution is 0.0916. The highest BCUT2D eigenvalue weighted by Gasteiger charge is 2.19. The van der Waals surface area contributed by atoms with Gasteiger partial charge in [0.25, 0.3) is 5.91 Å². The van der Waals surface area contributed by atoms with Crippen LogP contribution in [0.2, 0.25) is 0 Å². The molecule has 0 spiro atoms. The maximum absolute atomic E-state index is 12.1. The van der Waals surface area contributed by atoms with E-state index in [2.05, 4.69) is 24.2 Å². The van der Waals surface area contributed by atoms with Crippen LogP contribution in [0.1, 0.15) is 44.0 Å². The van der Waals surface area contributed by atoms with Crippen LogP contribution >= 0.6 is 24.8 Å². The third-order valence-electron chi connectivity index (χ3n) is 3.38. The lowest BCUT2D eigenvalue weighted by Gasteiger charge is -2.24. The molecule has 0 bridgehead atoms. The van der Waals surface area contributed by atoms with Gasteiger partial charge in [-0.2, -0.15) is 0 Å². The zero-order valence-corrected chi connectivity index (χ0v) is 15.5. The van der Waals surface area contributed by atoms with Crippen molar-refractivity contribution in [3.05, 3.63) is 29.8 Å². The van der Waals surface area contributed by atoms with Crippen molar-refractivity contribution < 1.29 is 4.79 Å². The van der Waals surface area contributed by atoms with Gasteiger partial charge in [-0.1, -0.05) is 13.3 Å². The Bertz CT molecular complexity index is 436. The van der Waals surface area contributed by atoms with E-state index in [4.69, 9.17) is 5.73 Å². The second-order valence-electron chi connectivity index (χ2n) is 5.86. The largest absolute Gasteiger partial charge is 0.375 e. The van der Waals surface area contributed by atoms with Gasteiger partial charge in [-0.05, 0) is 44.5 Å². The van der Waals surface area contributed by atoms with Gasteiger partial charge in [-0.25, -0.2) is 0 Å². The Labute approximate surface area is 146 Å². The number of carbonyl (C=O) groups excluding carboxylic acids is 1. The number of hydrogen-bond donors (Lipinski definition) is 2. The molecule has 0 unspecified atom stereocenters. The first-order valence-electron chi connectivity index (χ1n) is 7.23. The van der Waals surface area contributed by atoms with E-state index in [9.17, 15) is 4.79 Å². The van der Waals surface area contributed by atoms with Gasteiger partial charge < -0.3 is 16.0 Å². The molecule has 128 valence electrons. The van der Waals surface area contributed by atoms with Crippen LogP contribution in [-0.2, 0) is 0 Å². The van der Waals surface area contributed by atoms with Gasteiger partial charge >= 0.3 is 0 Å². The lowest BCUT2D eigenvalue weighted by atomic mass is 10.1. The van der Waals surface area contributed by atoms with Crippen molar-refractivity contribution in [3.8, 4) is 0 Å². The highest BCUT2D eigenvalue weighted by atomic mass is 35.5. The number of nitrogens with zero attached hydrogens (tertiary/aromatic N) is 1. The number of unbranched alkanes of at least 4 members (excludes halogenated alkanes) is 1. The third-order valence-corrected chi connectivity index (χ3v) is 3.38. The normalized spacial score (nSPS) is 10.2. The fraction of sp³-hybridized carbons (Fsp3) is 0.562. The summed E-state index contributed by atoms with van der Waals surface area (Å²) in [6.07, 6.45) is 2.35. The van der Waals surface area contributed by atoms with Crippen LogP contribution in [0.25, 0.3) is 0 Å². The van der Waals surface area contributed by atoms with Crippen molar-refractivity contribution in [2.24, 2.45) is 5.73 Å². The van der Waals surface area contributed by atoms with Gasteiger partial charge in [-0.15, -0.1) is 24.8 Å². The predicted octanol–water partition coefficient (Wildman–Crippen LogP) is 3.23. The van der Waals surface area contributed by atoms with E-state index in [0.717, 1.165) is 12.2 Å². The third kappa shape index (κ3) is 7.34. The minimum absolute atomic E-state index is 0. The Morgan fingerprint density at radius 2 is 1.77 bits per heavy atom. The van der Waals surface area contributed by atoms with E-state index in [1.807, 2.05) is 38.1 Å². The fourth-order valence-electron chi connectivity index (χ4n) is 1.82. The summed E-state index contributed by atoms with van der Waals surface area (Å²) in [5.74, 6) is -0.0804. The second kappa shape index (κ2) is 10.7. The molecule has 1 rings (SSSR count). The van der Waals surface area contributed by atoms with Gasteiger partial charge in [0.1, 0.15) is 0 Å². The van der Waals surface area contributed by atoms with Crippen LogP contribution in [0.15, 0.2) is 24.3 Å². The summed E-state index contributed by atoms with van der Waals surface area (Å²) in [5.41, 5.74) is 7.04. The number of halogens is 2. The zero-order valence-electron chi connectivity index (χ0n) is 13.9. The smallest absolute Gasteiger partial charge is 0.251 e. The van der Waals surface area contributed by atoms with Crippen LogP contribution < -0.4 is 16.0 Å². The van der Waals surface area contributed by atoms with Crippen molar-refractivity contribution >= 4 is 36.4 Å². The monoisotopic (exact) mass is 349 g/mol. The highest BCUT2D eigenvalue weighted by molar-refractivity contribution is 5.95. The molecule has 0 atom stereocenters. The molecule has 4 nitrogen and oxygen atoms in total. The minimum atomic E-state index is -0.381. The van der Waals surface area contributed by atoms with E-state index in [1.54, 1.807) is 0 Å². The quantitative estimate of drug-likeness (QED) is 0.794. The minimum Gasteiger partial charge on any atom is -0.375 e. The molecule has 0 saturated carbocycles. The van der Waals surface area contributed by atoms with E-state index in [1.165, 1.54) is 12.8 Å². The first-order chi connectivity index (χ1) is 9.39. The van der Waals surface area contributed by atoms with E-state index in [-0.39, 0.29) is 36.3 Å².